The smallest absolute Gasteiger partial charge is 0.353 e. The van der Waals surface area contributed by atoms with E-state index in [-0.39, 0.29) is 11.7 Å². The van der Waals surface area contributed by atoms with Gasteiger partial charge in [0.2, 0.25) is 0 Å². The lowest BCUT2D eigenvalue weighted by molar-refractivity contribution is 0.0686. The van der Waals surface area contributed by atoms with E-state index in [2.05, 4.69) is 36.6 Å². The van der Waals surface area contributed by atoms with E-state index in [1.165, 1.54) is 5.56 Å². The molecule has 5 heteroatoms. The highest BCUT2D eigenvalue weighted by molar-refractivity contribution is 6.04. The summed E-state index contributed by atoms with van der Waals surface area (Å²) in [5, 5.41) is 11.3. The van der Waals surface area contributed by atoms with Gasteiger partial charge in [0.05, 0.1) is 11.2 Å². The van der Waals surface area contributed by atoms with Crippen LogP contribution in [0.15, 0.2) is 48.7 Å². The summed E-state index contributed by atoms with van der Waals surface area (Å²) < 4.78 is 18.7. The van der Waals surface area contributed by atoms with Crippen molar-refractivity contribution in [1.82, 2.24) is 9.13 Å². The maximum Gasteiger partial charge on any atom is 0.353 e. The Bertz CT molecular complexity index is 1470. The first-order valence-electron chi connectivity index (χ1n) is 11.0. The van der Waals surface area contributed by atoms with Gasteiger partial charge < -0.3 is 14.2 Å². The molecule has 1 aliphatic carbocycles. The highest BCUT2D eigenvalue weighted by atomic mass is 19.1. The Kier molecular flexibility index (Phi) is 4.00. The fourth-order valence-electron chi connectivity index (χ4n) is 5.61. The molecule has 1 aliphatic heterocycles. The third-order valence-corrected chi connectivity index (χ3v) is 6.81. The molecule has 4 aromatic rings. The van der Waals surface area contributed by atoms with E-state index < -0.39 is 5.97 Å². The molecule has 0 bridgehead atoms. The van der Waals surface area contributed by atoms with Crippen LogP contribution in [0, 0.1) is 5.82 Å². The van der Waals surface area contributed by atoms with Gasteiger partial charge in [0.15, 0.2) is 0 Å². The molecule has 0 saturated heterocycles. The van der Waals surface area contributed by atoms with E-state index in [1.807, 2.05) is 29.0 Å². The highest BCUT2D eigenvalue weighted by Gasteiger charge is 2.33. The normalized spacial score (nSPS) is 14.1. The molecule has 32 heavy (non-hydrogen) atoms. The molecule has 0 unspecified atom stereocenters. The Morgan fingerprint density at radius 2 is 1.97 bits per heavy atom. The second kappa shape index (κ2) is 6.70. The summed E-state index contributed by atoms with van der Waals surface area (Å²) in [6.45, 7) is 5.32. The number of carbonyl (C=O) groups is 1. The van der Waals surface area contributed by atoms with Gasteiger partial charge in [0.1, 0.15) is 11.5 Å². The Morgan fingerprint density at radius 3 is 2.75 bits per heavy atom. The molecule has 0 saturated carbocycles. The van der Waals surface area contributed by atoms with Crippen molar-refractivity contribution in [2.24, 2.45) is 0 Å². The molecule has 2 aliphatic rings. The van der Waals surface area contributed by atoms with Gasteiger partial charge in [-0.2, -0.15) is 0 Å². The molecule has 1 N–H and O–H groups in total. The van der Waals surface area contributed by atoms with E-state index in [0.29, 0.717) is 18.8 Å². The number of fused-ring (bicyclic) bond motifs is 3. The summed E-state index contributed by atoms with van der Waals surface area (Å²) >= 11 is 0. The minimum absolute atomic E-state index is 0.0559. The first kappa shape index (κ1) is 19.1. The first-order chi connectivity index (χ1) is 15.5. The number of allylic oxidation sites excluding steroid dienone is 1. The molecule has 160 valence electrons. The highest BCUT2D eigenvalue weighted by Crippen LogP contribution is 2.47. The Balaban J connectivity index is 1.80. The molecule has 0 fully saturated rings. The van der Waals surface area contributed by atoms with Gasteiger partial charge in [-0.05, 0) is 52.8 Å². The number of nitrogens with zero attached hydrogens (tertiary/aromatic N) is 2. The summed E-state index contributed by atoms with van der Waals surface area (Å²) in [7, 11) is 0. The van der Waals surface area contributed by atoms with Crippen LogP contribution in [0.2, 0.25) is 0 Å². The lowest BCUT2D eigenvalue weighted by Crippen LogP contribution is -2.12. The number of carboxylic acids is 1. The van der Waals surface area contributed by atoms with Crippen LogP contribution < -0.4 is 0 Å². The van der Waals surface area contributed by atoms with Crippen LogP contribution in [0.3, 0.4) is 0 Å². The topological polar surface area (TPSA) is 47.2 Å². The lowest BCUT2D eigenvalue weighted by Gasteiger charge is -2.15. The average molecular weight is 426 g/mol. The van der Waals surface area contributed by atoms with E-state index in [0.717, 1.165) is 50.8 Å². The molecule has 0 radical (unpaired) electrons. The second-order valence-electron chi connectivity index (χ2n) is 8.98. The number of aryl methyl sites for hydroxylation is 1. The van der Waals surface area contributed by atoms with Crippen molar-refractivity contribution in [1.29, 1.82) is 0 Å². The van der Waals surface area contributed by atoms with Crippen molar-refractivity contribution < 1.29 is 14.3 Å². The minimum Gasteiger partial charge on any atom is -0.477 e. The zero-order chi connectivity index (χ0) is 22.1. The summed E-state index contributed by atoms with van der Waals surface area (Å²) in [4.78, 5) is 12.7. The van der Waals surface area contributed by atoms with Gasteiger partial charge >= 0.3 is 5.97 Å². The van der Waals surface area contributed by atoms with Gasteiger partial charge in [-0.25, -0.2) is 9.18 Å². The number of rotatable bonds is 3. The average Bonchev–Trinajstić information content (AvgIpc) is 3.44. The SMILES string of the molecule is CC(C)c1c(-c2cccc3c2C=CC3)c(C(=O)O)n2c1-c1cc(F)cc3ccn(c13)CC2. The third-order valence-electron chi connectivity index (χ3n) is 6.81. The fourth-order valence-corrected chi connectivity index (χ4v) is 5.61. The number of hydrogen-bond donors (Lipinski definition) is 1. The van der Waals surface area contributed by atoms with Crippen LogP contribution in [0.25, 0.3) is 39.4 Å². The van der Waals surface area contributed by atoms with E-state index in [9.17, 15) is 14.3 Å². The second-order valence-corrected chi connectivity index (χ2v) is 8.98. The largest absolute Gasteiger partial charge is 0.477 e. The monoisotopic (exact) mass is 426 g/mol. The van der Waals surface area contributed by atoms with Crippen LogP contribution in [-0.2, 0) is 19.5 Å². The molecule has 0 atom stereocenters. The van der Waals surface area contributed by atoms with Crippen molar-refractivity contribution in [3.63, 3.8) is 0 Å². The molecule has 3 heterocycles. The zero-order valence-corrected chi connectivity index (χ0v) is 18.0. The number of carboxylic acid groups (broad SMARTS) is 1. The fraction of sp³-hybridized carbons (Fsp3) is 0.222. The summed E-state index contributed by atoms with van der Waals surface area (Å²) in [6.07, 6.45) is 7.03. The standard InChI is InChI=1S/C27H23FN2O2/c1-15(2)22-23(20-8-4-6-16-5-3-7-19(16)20)26(27(31)32)30-12-11-29-10-9-17-13-18(28)14-21(24(17)29)25(22)30/h3-4,6-10,13-15H,5,11-12H2,1-2H3,(H,31,32). The Hall–Kier alpha value is -3.60. The third kappa shape index (κ3) is 2.51. The molecule has 2 aromatic carbocycles. The van der Waals surface area contributed by atoms with Crippen LogP contribution >= 0.6 is 0 Å². The van der Waals surface area contributed by atoms with Gasteiger partial charge in [-0.1, -0.05) is 44.2 Å². The predicted octanol–water partition coefficient (Wildman–Crippen LogP) is 6.32. The van der Waals surface area contributed by atoms with Gasteiger partial charge in [0.25, 0.3) is 0 Å². The molecule has 2 aromatic heterocycles. The van der Waals surface area contributed by atoms with Gasteiger partial charge in [-0.3, -0.25) is 0 Å². The lowest BCUT2D eigenvalue weighted by atomic mass is 9.88. The first-order valence-corrected chi connectivity index (χ1v) is 11.0. The number of aromatic nitrogens is 2. The minimum atomic E-state index is -0.952. The Labute approximate surface area is 185 Å². The zero-order valence-electron chi connectivity index (χ0n) is 18.0. The van der Waals surface area contributed by atoms with Gasteiger partial charge in [0, 0.05) is 35.8 Å². The van der Waals surface area contributed by atoms with Crippen molar-refractivity contribution in [2.45, 2.75) is 39.3 Å². The number of benzene rings is 2. The molecule has 4 nitrogen and oxygen atoms in total. The summed E-state index contributed by atoms with van der Waals surface area (Å²) in [5.41, 5.74) is 7.83. The molecular formula is C27H23FN2O2. The van der Waals surface area contributed by atoms with E-state index in [1.54, 1.807) is 12.1 Å². The van der Waals surface area contributed by atoms with Crippen LogP contribution in [0.5, 0.6) is 0 Å². The maximum absolute atomic E-state index is 14.7. The number of hydrogen-bond acceptors (Lipinski definition) is 1. The van der Waals surface area contributed by atoms with Crippen molar-refractivity contribution >= 4 is 22.9 Å². The molecule has 0 spiro atoms. The summed E-state index contributed by atoms with van der Waals surface area (Å²) in [6, 6.07) is 11.2. The van der Waals surface area contributed by atoms with Crippen molar-refractivity contribution in [2.75, 3.05) is 0 Å². The predicted molar refractivity (Wildman–Crippen MR) is 125 cm³/mol. The summed E-state index contributed by atoms with van der Waals surface area (Å²) in [5.74, 6) is -1.20. The molecular weight excluding hydrogens is 403 g/mol. The van der Waals surface area contributed by atoms with Crippen LogP contribution in [-0.4, -0.2) is 20.2 Å². The van der Waals surface area contributed by atoms with Crippen molar-refractivity contribution in [3.05, 3.63) is 76.9 Å². The maximum atomic E-state index is 14.7. The van der Waals surface area contributed by atoms with Gasteiger partial charge in [-0.15, -0.1) is 0 Å². The quantitative estimate of drug-likeness (QED) is 0.417. The van der Waals surface area contributed by atoms with E-state index >= 15 is 0 Å². The molecule has 0 amide bonds. The van der Waals surface area contributed by atoms with E-state index in [4.69, 9.17) is 0 Å². The van der Waals surface area contributed by atoms with Crippen molar-refractivity contribution in [3.8, 4) is 22.4 Å². The van der Waals surface area contributed by atoms with Crippen LogP contribution in [0.4, 0.5) is 4.39 Å². The number of aromatic carboxylic acids is 1. The number of halogens is 1. The Morgan fingerprint density at radius 1 is 1.12 bits per heavy atom. The molecule has 6 rings (SSSR count). The van der Waals surface area contributed by atoms with Crippen LogP contribution in [0.1, 0.15) is 46.9 Å².